The Morgan fingerprint density at radius 1 is 0.667 bits per heavy atom. The van der Waals surface area contributed by atoms with Gasteiger partial charge in [0.25, 0.3) is 0 Å². The maximum atomic E-state index is 6.27. The van der Waals surface area contributed by atoms with Crippen molar-refractivity contribution in [2.24, 2.45) is 0 Å². The first-order valence-corrected chi connectivity index (χ1v) is 13.1. The molecule has 1 aliphatic rings. The molecule has 3 aromatic carbocycles. The molecule has 1 aliphatic carbocycles. The van der Waals surface area contributed by atoms with Crippen molar-refractivity contribution in [1.82, 2.24) is 0 Å². The highest BCUT2D eigenvalue weighted by molar-refractivity contribution is 7.64. The fraction of sp³-hybridized carbons (Fsp3) is 0.100. The number of hydrogen-bond donors (Lipinski definition) is 0. The molecule has 24 heavy (non-hydrogen) atoms. The van der Waals surface area contributed by atoms with Gasteiger partial charge in [0, 0.05) is 5.92 Å². The fourth-order valence-corrected chi connectivity index (χ4v) is 5.86. The number of fused-ring (bicyclic) bond motifs is 3. The van der Waals surface area contributed by atoms with Crippen molar-refractivity contribution in [3.05, 3.63) is 83.9 Å². The highest BCUT2D eigenvalue weighted by Gasteiger charge is 2.36. The van der Waals surface area contributed by atoms with Crippen LogP contribution in [0.3, 0.4) is 0 Å². The maximum Gasteiger partial charge on any atom is 0.342 e. The second kappa shape index (κ2) is 6.23. The molecule has 0 radical (unpaired) electrons. The van der Waals surface area contributed by atoms with E-state index < -0.39 is 6.00 Å². The van der Waals surface area contributed by atoms with Gasteiger partial charge < -0.3 is 0 Å². The maximum absolute atomic E-state index is 6.27. The van der Waals surface area contributed by atoms with Crippen LogP contribution in [-0.4, -0.2) is 6.00 Å². The summed E-state index contributed by atoms with van der Waals surface area (Å²) in [4.78, 5) is 0. The average molecular weight is 390 g/mol. The van der Waals surface area contributed by atoms with Gasteiger partial charge in [0.1, 0.15) is 0 Å². The average Bonchev–Trinajstić information content (AvgIpc) is 2.88. The third kappa shape index (κ3) is 3.02. The summed E-state index contributed by atoms with van der Waals surface area (Å²) in [7, 11) is 0. The lowest BCUT2D eigenvalue weighted by Crippen LogP contribution is -2.14. The molecule has 0 fully saturated rings. The van der Waals surface area contributed by atoms with Crippen LogP contribution in [0.1, 0.15) is 17.0 Å². The van der Waals surface area contributed by atoms with E-state index in [-0.39, 0.29) is 5.92 Å². The van der Waals surface area contributed by atoms with Crippen molar-refractivity contribution < 1.29 is 0 Å². The number of halogens is 3. The van der Waals surface area contributed by atoms with Crippen LogP contribution in [0.5, 0.6) is 0 Å². The van der Waals surface area contributed by atoms with E-state index >= 15 is 0 Å². The molecule has 1 atom stereocenters. The third-order valence-electron chi connectivity index (χ3n) is 4.60. The summed E-state index contributed by atoms with van der Waals surface area (Å²) in [6.45, 7) is 0. The van der Waals surface area contributed by atoms with Gasteiger partial charge in [0.15, 0.2) is 0 Å². The summed E-state index contributed by atoms with van der Waals surface area (Å²) < 4.78 is 0. The first kappa shape index (κ1) is 16.2. The van der Waals surface area contributed by atoms with Gasteiger partial charge in [-0.3, -0.25) is 0 Å². The lowest BCUT2D eigenvalue weighted by Gasteiger charge is -2.18. The summed E-state index contributed by atoms with van der Waals surface area (Å²) in [5.74, 6) is 0.166. The molecular formula is C20H15Cl3Si. The van der Waals surface area contributed by atoms with Crippen LogP contribution in [-0.2, 0) is 0 Å². The monoisotopic (exact) mass is 388 g/mol. The normalized spacial score (nSPS) is 15.9. The molecule has 0 N–H and O–H groups in total. The molecule has 0 saturated heterocycles. The molecule has 1 unspecified atom stereocenters. The quantitative estimate of drug-likeness (QED) is 0.330. The van der Waals surface area contributed by atoms with Gasteiger partial charge in [-0.25, -0.2) is 0 Å². The van der Waals surface area contributed by atoms with Crippen LogP contribution in [0.2, 0.25) is 6.04 Å². The number of benzene rings is 3. The van der Waals surface area contributed by atoms with E-state index in [1.165, 1.54) is 33.4 Å². The second-order valence-electron chi connectivity index (χ2n) is 6.13. The van der Waals surface area contributed by atoms with E-state index in [1.54, 1.807) is 0 Å². The van der Waals surface area contributed by atoms with E-state index in [0.717, 1.165) is 0 Å². The molecular weight excluding hydrogens is 375 g/mol. The Kier molecular flexibility index (Phi) is 4.22. The summed E-state index contributed by atoms with van der Waals surface area (Å²) in [6.07, 6.45) is 0. The number of hydrogen-bond acceptors (Lipinski definition) is 0. The molecule has 0 spiro atoms. The predicted molar refractivity (Wildman–Crippen MR) is 107 cm³/mol. The molecule has 0 amide bonds. The van der Waals surface area contributed by atoms with Crippen molar-refractivity contribution in [1.29, 1.82) is 0 Å². The van der Waals surface area contributed by atoms with Crippen LogP contribution in [0, 0.1) is 0 Å². The van der Waals surface area contributed by atoms with Crippen molar-refractivity contribution in [2.45, 2.75) is 12.0 Å². The summed E-state index contributed by atoms with van der Waals surface area (Å²) in [6, 6.07) is 23.4. The molecule has 3 aromatic rings. The third-order valence-corrected chi connectivity index (χ3v) is 6.86. The standard InChI is InChI=1S/C20H15Cl3Si/c21-24(22,23)13-20-17-9-5-4-8-16(17)18-11-10-15(12-19(18)20)14-6-2-1-3-7-14/h1-12,20H,13H2. The summed E-state index contributed by atoms with van der Waals surface area (Å²) in [5.41, 5.74) is 7.49. The minimum Gasteiger partial charge on any atom is -0.126 e. The Bertz CT molecular complexity index is 885. The van der Waals surface area contributed by atoms with Crippen LogP contribution in [0.4, 0.5) is 0 Å². The van der Waals surface area contributed by atoms with Crippen molar-refractivity contribution >= 4 is 39.2 Å². The lowest BCUT2D eigenvalue weighted by atomic mass is 9.95. The smallest absolute Gasteiger partial charge is 0.126 e. The van der Waals surface area contributed by atoms with E-state index in [0.29, 0.717) is 6.04 Å². The Morgan fingerprint density at radius 2 is 1.33 bits per heavy atom. The molecule has 120 valence electrons. The molecule has 0 heterocycles. The SMILES string of the molecule is Cl[Si](Cl)(Cl)CC1c2ccccc2-c2ccc(-c3ccccc3)cc21. The fourth-order valence-electron chi connectivity index (χ4n) is 3.57. The second-order valence-corrected chi connectivity index (χ2v) is 15.3. The molecule has 0 saturated carbocycles. The predicted octanol–water partition coefficient (Wildman–Crippen LogP) is 7.12. The van der Waals surface area contributed by atoms with Gasteiger partial charge in [0.2, 0.25) is 0 Å². The summed E-state index contributed by atoms with van der Waals surface area (Å²) in [5, 5.41) is 0. The molecule has 0 aliphatic heterocycles. The zero-order valence-electron chi connectivity index (χ0n) is 12.8. The van der Waals surface area contributed by atoms with Crippen molar-refractivity contribution in [2.75, 3.05) is 0 Å². The molecule has 0 bridgehead atoms. The Morgan fingerprint density at radius 3 is 2.08 bits per heavy atom. The van der Waals surface area contributed by atoms with E-state index in [2.05, 4.69) is 66.7 Å². The lowest BCUT2D eigenvalue weighted by molar-refractivity contribution is 0.947. The van der Waals surface area contributed by atoms with Crippen LogP contribution < -0.4 is 0 Å². The minimum atomic E-state index is -2.74. The van der Waals surface area contributed by atoms with Gasteiger partial charge in [0.05, 0.1) is 0 Å². The van der Waals surface area contributed by atoms with Crippen LogP contribution in [0.25, 0.3) is 22.3 Å². The topological polar surface area (TPSA) is 0 Å². The van der Waals surface area contributed by atoms with Crippen LogP contribution >= 0.6 is 33.2 Å². The zero-order chi connectivity index (χ0) is 16.7. The van der Waals surface area contributed by atoms with Crippen LogP contribution in [0.15, 0.2) is 72.8 Å². The Labute approximate surface area is 157 Å². The zero-order valence-corrected chi connectivity index (χ0v) is 16.1. The van der Waals surface area contributed by atoms with Gasteiger partial charge in [-0.1, -0.05) is 66.7 Å². The number of rotatable bonds is 3. The molecule has 4 heteroatoms. The highest BCUT2D eigenvalue weighted by atomic mass is 35.8. The summed E-state index contributed by atoms with van der Waals surface area (Å²) >= 11 is 18.8. The molecule has 0 nitrogen and oxygen atoms in total. The van der Waals surface area contributed by atoms with E-state index in [9.17, 15) is 0 Å². The largest absolute Gasteiger partial charge is 0.342 e. The Balaban J connectivity index is 1.86. The molecule has 4 rings (SSSR count). The van der Waals surface area contributed by atoms with Gasteiger partial charge in [-0.15, -0.1) is 33.2 Å². The van der Waals surface area contributed by atoms with Gasteiger partial charge >= 0.3 is 6.00 Å². The van der Waals surface area contributed by atoms with Crippen molar-refractivity contribution in [3.8, 4) is 22.3 Å². The van der Waals surface area contributed by atoms with Gasteiger partial charge in [-0.05, 0) is 45.5 Å². The van der Waals surface area contributed by atoms with E-state index in [1.807, 2.05) is 6.07 Å². The minimum absolute atomic E-state index is 0.166. The van der Waals surface area contributed by atoms with Gasteiger partial charge in [-0.2, -0.15) is 0 Å². The molecule has 0 aromatic heterocycles. The first-order valence-electron chi connectivity index (χ1n) is 7.88. The first-order chi connectivity index (χ1) is 11.5. The Hall–Kier alpha value is -1.25. The van der Waals surface area contributed by atoms with Crippen molar-refractivity contribution in [3.63, 3.8) is 0 Å². The van der Waals surface area contributed by atoms with E-state index in [4.69, 9.17) is 33.2 Å². The highest BCUT2D eigenvalue weighted by Crippen LogP contribution is 2.50.